The van der Waals surface area contributed by atoms with Gasteiger partial charge in [0.2, 0.25) is 0 Å². The minimum absolute atomic E-state index is 0.0333. The maximum absolute atomic E-state index is 12.0. The van der Waals surface area contributed by atoms with Crippen LogP contribution < -0.4 is 11.1 Å². The van der Waals surface area contributed by atoms with Gasteiger partial charge in [0.1, 0.15) is 0 Å². The Kier molecular flexibility index (Phi) is 6.70. The number of thiophene rings is 1. The molecule has 1 aliphatic rings. The summed E-state index contributed by atoms with van der Waals surface area (Å²) in [5.41, 5.74) is 6.00. The summed E-state index contributed by atoms with van der Waals surface area (Å²) in [5, 5.41) is 4.78. The Morgan fingerprint density at radius 2 is 2.29 bits per heavy atom. The zero-order valence-electron chi connectivity index (χ0n) is 12.1. The molecule has 114 valence electrons. The molecule has 1 aliphatic heterocycles. The van der Waals surface area contributed by atoms with Crippen molar-refractivity contribution in [2.75, 3.05) is 45.9 Å². The summed E-state index contributed by atoms with van der Waals surface area (Å²) in [6.45, 7) is 5.63. The van der Waals surface area contributed by atoms with Gasteiger partial charge in [-0.1, -0.05) is 11.8 Å². The van der Waals surface area contributed by atoms with Crippen molar-refractivity contribution in [1.29, 1.82) is 0 Å². The Morgan fingerprint density at radius 1 is 1.48 bits per heavy atom. The molecule has 1 saturated heterocycles. The lowest BCUT2D eigenvalue weighted by atomic mass is 10.2. The van der Waals surface area contributed by atoms with Gasteiger partial charge in [0.05, 0.1) is 30.2 Å². The molecule has 1 amide bonds. The molecule has 0 unspecified atom stereocenters. The van der Waals surface area contributed by atoms with E-state index in [1.54, 1.807) is 0 Å². The normalized spacial score (nSPS) is 15.3. The maximum Gasteiger partial charge on any atom is 0.252 e. The molecule has 0 atom stereocenters. The van der Waals surface area contributed by atoms with Crippen molar-refractivity contribution in [3.05, 3.63) is 21.9 Å². The first kappa shape index (κ1) is 16.0. The standard InChI is InChI=1S/C15H21N3O2S/c16-4-1-3-14-11-13(12-21-14)15(19)17-5-2-6-18-7-9-20-10-8-18/h11-12H,2,4-10,16H2,(H,17,19). The third-order valence-corrected chi connectivity index (χ3v) is 4.06. The number of carbonyl (C=O) groups is 1. The smallest absolute Gasteiger partial charge is 0.252 e. The second-order valence-corrected chi connectivity index (χ2v) is 5.68. The van der Waals surface area contributed by atoms with E-state index >= 15 is 0 Å². The van der Waals surface area contributed by atoms with Gasteiger partial charge in [-0.15, -0.1) is 11.3 Å². The van der Waals surface area contributed by atoms with Crippen molar-refractivity contribution < 1.29 is 9.53 Å². The summed E-state index contributed by atoms with van der Waals surface area (Å²) in [7, 11) is 0. The highest BCUT2D eigenvalue weighted by atomic mass is 32.1. The number of nitrogens with one attached hydrogen (secondary N) is 1. The second kappa shape index (κ2) is 8.80. The lowest BCUT2D eigenvalue weighted by molar-refractivity contribution is 0.0374. The molecule has 1 aromatic rings. The summed E-state index contributed by atoms with van der Waals surface area (Å²) in [6.07, 6.45) is 0.954. The minimum Gasteiger partial charge on any atom is -0.379 e. The summed E-state index contributed by atoms with van der Waals surface area (Å²) < 4.78 is 5.30. The van der Waals surface area contributed by atoms with Gasteiger partial charge in [0.25, 0.3) is 5.91 Å². The van der Waals surface area contributed by atoms with Gasteiger partial charge < -0.3 is 15.8 Å². The molecule has 3 N–H and O–H groups in total. The molecule has 2 heterocycles. The van der Waals surface area contributed by atoms with E-state index in [0.717, 1.165) is 44.1 Å². The first-order chi connectivity index (χ1) is 10.3. The van der Waals surface area contributed by atoms with Gasteiger partial charge in [-0.05, 0) is 19.0 Å². The Bertz CT molecular complexity index is 512. The fourth-order valence-electron chi connectivity index (χ4n) is 2.09. The van der Waals surface area contributed by atoms with Gasteiger partial charge in [-0.3, -0.25) is 9.69 Å². The number of nitrogens with two attached hydrogens (primary N) is 1. The lowest BCUT2D eigenvalue weighted by Crippen LogP contribution is -2.38. The van der Waals surface area contributed by atoms with Gasteiger partial charge in [0, 0.05) is 25.0 Å². The van der Waals surface area contributed by atoms with E-state index in [0.29, 0.717) is 18.7 Å². The predicted molar refractivity (Wildman–Crippen MR) is 84.5 cm³/mol. The quantitative estimate of drug-likeness (QED) is 0.614. The van der Waals surface area contributed by atoms with Crippen molar-refractivity contribution in [3.63, 3.8) is 0 Å². The average molecular weight is 307 g/mol. The van der Waals surface area contributed by atoms with Gasteiger partial charge in [0.15, 0.2) is 0 Å². The van der Waals surface area contributed by atoms with E-state index in [1.807, 2.05) is 11.4 Å². The molecule has 6 heteroatoms. The molecule has 2 rings (SSSR count). The van der Waals surface area contributed by atoms with Gasteiger partial charge >= 0.3 is 0 Å². The van der Waals surface area contributed by atoms with Gasteiger partial charge in [-0.2, -0.15) is 0 Å². The Hall–Kier alpha value is -1.39. The topological polar surface area (TPSA) is 67.6 Å². The molecule has 1 aromatic heterocycles. The monoisotopic (exact) mass is 307 g/mol. The average Bonchev–Trinajstić information content (AvgIpc) is 2.99. The number of morpholine rings is 1. The highest BCUT2D eigenvalue weighted by Crippen LogP contribution is 2.13. The van der Waals surface area contributed by atoms with E-state index < -0.39 is 0 Å². The zero-order valence-corrected chi connectivity index (χ0v) is 12.9. The van der Waals surface area contributed by atoms with Crippen LogP contribution in [0.15, 0.2) is 11.4 Å². The van der Waals surface area contributed by atoms with Crippen LogP contribution in [-0.2, 0) is 4.74 Å². The van der Waals surface area contributed by atoms with Crippen molar-refractivity contribution in [3.8, 4) is 11.8 Å². The fourth-order valence-corrected chi connectivity index (χ4v) is 2.85. The molecule has 5 nitrogen and oxygen atoms in total. The van der Waals surface area contributed by atoms with Gasteiger partial charge in [-0.25, -0.2) is 0 Å². The molecule has 0 bridgehead atoms. The first-order valence-electron chi connectivity index (χ1n) is 7.15. The Balaban J connectivity index is 1.68. The van der Waals surface area contributed by atoms with Crippen molar-refractivity contribution in [1.82, 2.24) is 10.2 Å². The van der Waals surface area contributed by atoms with Crippen LogP contribution in [0.3, 0.4) is 0 Å². The van der Waals surface area contributed by atoms with Crippen LogP contribution >= 0.6 is 11.3 Å². The molecule has 0 radical (unpaired) electrons. The van der Waals surface area contributed by atoms with Crippen LogP contribution in [0.4, 0.5) is 0 Å². The van der Waals surface area contributed by atoms with Crippen LogP contribution in [0.25, 0.3) is 0 Å². The number of rotatable bonds is 5. The van der Waals surface area contributed by atoms with E-state index in [2.05, 4.69) is 22.1 Å². The summed E-state index contributed by atoms with van der Waals surface area (Å²) >= 11 is 1.47. The van der Waals surface area contributed by atoms with E-state index in [9.17, 15) is 4.79 Å². The van der Waals surface area contributed by atoms with Crippen LogP contribution in [0.2, 0.25) is 0 Å². The number of carbonyl (C=O) groups excluding carboxylic acids is 1. The first-order valence-corrected chi connectivity index (χ1v) is 8.03. The van der Waals surface area contributed by atoms with Crippen LogP contribution in [0.5, 0.6) is 0 Å². The molecule has 0 spiro atoms. The van der Waals surface area contributed by atoms with E-state index in [1.165, 1.54) is 11.3 Å². The highest BCUT2D eigenvalue weighted by molar-refractivity contribution is 7.10. The van der Waals surface area contributed by atoms with E-state index in [4.69, 9.17) is 10.5 Å². The highest BCUT2D eigenvalue weighted by Gasteiger charge is 2.10. The third kappa shape index (κ3) is 5.48. The molecular weight excluding hydrogens is 286 g/mol. The number of hydrogen-bond donors (Lipinski definition) is 2. The third-order valence-electron chi connectivity index (χ3n) is 3.22. The number of hydrogen-bond acceptors (Lipinski definition) is 5. The zero-order chi connectivity index (χ0) is 14.9. The summed E-state index contributed by atoms with van der Waals surface area (Å²) in [5.74, 6) is 5.69. The summed E-state index contributed by atoms with van der Waals surface area (Å²) in [6, 6.07) is 1.81. The second-order valence-electron chi connectivity index (χ2n) is 4.77. The maximum atomic E-state index is 12.0. The van der Waals surface area contributed by atoms with E-state index in [-0.39, 0.29) is 5.91 Å². The molecule has 0 aliphatic carbocycles. The Morgan fingerprint density at radius 3 is 3.05 bits per heavy atom. The molecular formula is C15H21N3O2S. The number of nitrogens with zero attached hydrogens (tertiary/aromatic N) is 1. The number of ether oxygens (including phenoxy) is 1. The SMILES string of the molecule is NCC#Cc1cc(C(=O)NCCCN2CCOCC2)cs1. The predicted octanol–water partition coefficient (Wildman–Crippen LogP) is 0.510. The fraction of sp³-hybridized carbons (Fsp3) is 0.533. The molecule has 1 fully saturated rings. The number of amides is 1. The largest absolute Gasteiger partial charge is 0.379 e. The van der Waals surface area contributed by atoms with Crippen LogP contribution in [0.1, 0.15) is 21.7 Å². The molecule has 0 saturated carbocycles. The lowest BCUT2D eigenvalue weighted by Gasteiger charge is -2.26. The molecule has 21 heavy (non-hydrogen) atoms. The van der Waals surface area contributed by atoms with Crippen molar-refractivity contribution in [2.45, 2.75) is 6.42 Å². The Labute approximate surface area is 129 Å². The van der Waals surface area contributed by atoms with Crippen LogP contribution in [0, 0.1) is 11.8 Å². The van der Waals surface area contributed by atoms with Crippen molar-refractivity contribution >= 4 is 17.2 Å². The van der Waals surface area contributed by atoms with Crippen LogP contribution in [-0.4, -0.2) is 56.7 Å². The summed E-state index contributed by atoms with van der Waals surface area (Å²) in [4.78, 5) is 15.2. The minimum atomic E-state index is -0.0333. The van der Waals surface area contributed by atoms with Crippen molar-refractivity contribution in [2.24, 2.45) is 5.73 Å². The molecule has 0 aromatic carbocycles.